The fourth-order valence-corrected chi connectivity index (χ4v) is 3.37. The molecule has 0 saturated carbocycles. The molecule has 4 rings (SSSR count). The molecule has 2 heterocycles. The molecule has 28 heavy (non-hydrogen) atoms. The normalized spacial score (nSPS) is 16.1. The van der Waals surface area contributed by atoms with Gasteiger partial charge in [0.1, 0.15) is 23.4 Å². The maximum Gasteiger partial charge on any atom is 0.264 e. The van der Waals surface area contributed by atoms with Crippen molar-refractivity contribution < 1.29 is 9.59 Å². The van der Waals surface area contributed by atoms with Crippen molar-refractivity contribution in [2.24, 2.45) is 11.0 Å². The molecule has 7 nitrogen and oxygen atoms in total. The van der Waals surface area contributed by atoms with Gasteiger partial charge >= 0.3 is 0 Å². The van der Waals surface area contributed by atoms with Crippen molar-refractivity contribution in [3.05, 3.63) is 65.7 Å². The van der Waals surface area contributed by atoms with Crippen LogP contribution in [0.3, 0.4) is 0 Å². The number of benzene rings is 2. The van der Waals surface area contributed by atoms with Crippen LogP contribution in [0.25, 0.3) is 10.9 Å². The van der Waals surface area contributed by atoms with Gasteiger partial charge in [-0.25, -0.2) is 4.98 Å². The monoisotopic (exact) mass is 369 g/mol. The number of nitrogens with zero attached hydrogens (tertiary/aromatic N) is 4. The van der Waals surface area contributed by atoms with Gasteiger partial charge in [-0.2, -0.15) is 15.4 Å². The van der Waals surface area contributed by atoms with Crippen LogP contribution in [0, 0.1) is 17.2 Å². The Morgan fingerprint density at radius 3 is 2.54 bits per heavy atom. The first kappa shape index (κ1) is 17.4. The Hall–Kier alpha value is -4.05. The van der Waals surface area contributed by atoms with Gasteiger partial charge in [0, 0.05) is 10.9 Å². The molecule has 0 saturated heterocycles. The molecule has 3 aromatic rings. The number of ketones is 1. The second kappa shape index (κ2) is 6.59. The largest absolute Gasteiger partial charge is 0.383 e. The number of hydrogen-bond donors (Lipinski definition) is 1. The number of hydrogen-bond acceptors (Lipinski definition) is 6. The number of fused-ring (bicyclic) bond motifs is 1. The minimum Gasteiger partial charge on any atom is -0.383 e. The molecule has 0 fully saturated rings. The van der Waals surface area contributed by atoms with E-state index in [4.69, 9.17) is 5.73 Å². The summed E-state index contributed by atoms with van der Waals surface area (Å²) < 4.78 is 0. The van der Waals surface area contributed by atoms with Crippen molar-refractivity contribution in [2.45, 2.75) is 6.92 Å². The molecule has 2 N–H and O–H groups in total. The van der Waals surface area contributed by atoms with Gasteiger partial charge < -0.3 is 5.73 Å². The zero-order valence-electron chi connectivity index (χ0n) is 15.0. The average Bonchev–Trinajstić information content (AvgIpc) is 3.01. The number of Topliss-reactive ketones (excluding diaryl/α,β-unsaturated/α-hetero) is 1. The quantitative estimate of drug-likeness (QED) is 0.563. The maximum atomic E-state index is 13.4. The van der Waals surface area contributed by atoms with Crippen LogP contribution in [0.15, 0.2) is 59.7 Å². The van der Waals surface area contributed by atoms with Gasteiger partial charge in [-0.3, -0.25) is 9.59 Å². The van der Waals surface area contributed by atoms with Crippen molar-refractivity contribution >= 4 is 39.8 Å². The first-order valence-corrected chi connectivity index (χ1v) is 8.59. The lowest BCUT2D eigenvalue weighted by Gasteiger charge is -2.15. The van der Waals surface area contributed by atoms with E-state index >= 15 is 0 Å². The van der Waals surface area contributed by atoms with Crippen molar-refractivity contribution in [2.75, 3.05) is 10.7 Å². The highest BCUT2D eigenvalue weighted by Crippen LogP contribution is 2.31. The Kier molecular flexibility index (Phi) is 4.09. The predicted molar refractivity (Wildman–Crippen MR) is 106 cm³/mol. The van der Waals surface area contributed by atoms with E-state index in [1.165, 1.54) is 5.01 Å². The third-order valence-corrected chi connectivity index (χ3v) is 4.67. The summed E-state index contributed by atoms with van der Waals surface area (Å²) in [5.74, 6) is -2.12. The van der Waals surface area contributed by atoms with Gasteiger partial charge in [0.15, 0.2) is 5.78 Å². The third-order valence-electron chi connectivity index (χ3n) is 4.67. The molecule has 1 aliphatic rings. The Bertz CT molecular complexity index is 1190. The number of para-hydroxylation sites is 2. The van der Waals surface area contributed by atoms with E-state index in [1.807, 2.05) is 12.1 Å². The Morgan fingerprint density at radius 2 is 1.82 bits per heavy atom. The van der Waals surface area contributed by atoms with E-state index in [-0.39, 0.29) is 16.9 Å². The number of rotatable bonds is 3. The number of amides is 1. The molecule has 1 atom stereocenters. The standard InChI is InChI=1S/C21H15N5O2/c1-12-17(21(28)26(25-12)13-7-3-2-4-8-13)19(27)18-14-9-5-6-10-16(14)24-20(23)15(18)11-22/h2-10,17H,1H3,(H2,23,24). The molecule has 1 unspecified atom stereocenters. The van der Waals surface area contributed by atoms with Gasteiger partial charge in [0.2, 0.25) is 0 Å². The van der Waals surface area contributed by atoms with Gasteiger partial charge in [-0.05, 0) is 25.1 Å². The number of carbonyl (C=O) groups excluding carboxylic acids is 2. The molecule has 0 spiro atoms. The van der Waals surface area contributed by atoms with Crippen LogP contribution < -0.4 is 10.7 Å². The van der Waals surface area contributed by atoms with Crippen LogP contribution >= 0.6 is 0 Å². The van der Waals surface area contributed by atoms with Gasteiger partial charge in [0.25, 0.3) is 5.91 Å². The lowest BCUT2D eigenvalue weighted by atomic mass is 9.89. The molecule has 1 amide bonds. The number of anilines is 2. The second-order valence-corrected chi connectivity index (χ2v) is 6.40. The van der Waals surface area contributed by atoms with Crippen molar-refractivity contribution in [3.63, 3.8) is 0 Å². The summed E-state index contributed by atoms with van der Waals surface area (Å²) in [7, 11) is 0. The van der Waals surface area contributed by atoms with E-state index in [0.717, 1.165) is 0 Å². The first-order valence-electron chi connectivity index (χ1n) is 8.59. The molecule has 136 valence electrons. The Morgan fingerprint density at radius 1 is 1.14 bits per heavy atom. The van der Waals surface area contributed by atoms with Crippen molar-refractivity contribution in [1.82, 2.24) is 4.98 Å². The van der Waals surface area contributed by atoms with E-state index < -0.39 is 17.6 Å². The van der Waals surface area contributed by atoms with Gasteiger partial charge in [-0.1, -0.05) is 36.4 Å². The SMILES string of the molecule is CC1=NN(c2ccccc2)C(=O)C1C(=O)c1c(C#N)c(N)nc2ccccc12. The molecule has 7 heteroatoms. The third kappa shape index (κ3) is 2.59. The summed E-state index contributed by atoms with van der Waals surface area (Å²) in [6.45, 7) is 1.63. The first-order chi connectivity index (χ1) is 13.5. The van der Waals surface area contributed by atoms with Crippen LogP contribution in [0.1, 0.15) is 22.8 Å². The summed E-state index contributed by atoms with van der Waals surface area (Å²) >= 11 is 0. The van der Waals surface area contributed by atoms with E-state index in [2.05, 4.69) is 10.1 Å². The highest BCUT2D eigenvalue weighted by molar-refractivity contribution is 6.32. The number of carbonyl (C=O) groups is 2. The van der Waals surface area contributed by atoms with Gasteiger partial charge in [-0.15, -0.1) is 0 Å². The minimum atomic E-state index is -1.11. The van der Waals surface area contributed by atoms with Crippen molar-refractivity contribution in [3.8, 4) is 6.07 Å². The molecule has 0 bridgehead atoms. The van der Waals surface area contributed by atoms with Crippen LogP contribution in [0.5, 0.6) is 0 Å². The number of pyridine rings is 1. The number of nitriles is 1. The smallest absolute Gasteiger partial charge is 0.264 e. The van der Waals surface area contributed by atoms with Gasteiger partial charge in [0.05, 0.1) is 16.9 Å². The van der Waals surface area contributed by atoms with E-state index in [1.54, 1.807) is 55.5 Å². The maximum absolute atomic E-state index is 13.4. The summed E-state index contributed by atoms with van der Waals surface area (Å²) in [5.41, 5.74) is 7.41. The zero-order valence-corrected chi connectivity index (χ0v) is 15.0. The number of nitrogen functional groups attached to an aromatic ring is 1. The van der Waals surface area contributed by atoms with Crippen LogP contribution in [0.4, 0.5) is 11.5 Å². The molecule has 2 aromatic carbocycles. The van der Waals surface area contributed by atoms with Crippen molar-refractivity contribution in [1.29, 1.82) is 5.26 Å². The zero-order chi connectivity index (χ0) is 19.8. The summed E-state index contributed by atoms with van der Waals surface area (Å²) in [4.78, 5) is 30.6. The van der Waals surface area contributed by atoms with Crippen LogP contribution in [-0.4, -0.2) is 22.4 Å². The molecule has 1 aliphatic heterocycles. The number of hydrazone groups is 1. The van der Waals surface area contributed by atoms with Crippen LogP contribution in [0.2, 0.25) is 0 Å². The summed E-state index contributed by atoms with van der Waals surface area (Å²) in [6, 6.07) is 17.7. The van der Waals surface area contributed by atoms with E-state index in [9.17, 15) is 14.9 Å². The fraction of sp³-hybridized carbons (Fsp3) is 0.0952. The molecule has 0 radical (unpaired) electrons. The predicted octanol–water partition coefficient (Wildman–Crippen LogP) is 2.91. The second-order valence-electron chi connectivity index (χ2n) is 6.40. The van der Waals surface area contributed by atoms with E-state index in [0.29, 0.717) is 22.3 Å². The topological polar surface area (TPSA) is 112 Å². The molecule has 0 aliphatic carbocycles. The number of nitrogens with two attached hydrogens (primary N) is 1. The average molecular weight is 369 g/mol. The summed E-state index contributed by atoms with van der Waals surface area (Å²) in [5, 5.41) is 15.5. The molecular weight excluding hydrogens is 354 g/mol. The lowest BCUT2D eigenvalue weighted by Crippen LogP contribution is -2.33. The highest BCUT2D eigenvalue weighted by Gasteiger charge is 2.41. The lowest BCUT2D eigenvalue weighted by molar-refractivity contribution is -0.118. The molecular formula is C21H15N5O2. The highest BCUT2D eigenvalue weighted by atomic mass is 16.2. The molecule has 1 aromatic heterocycles. The summed E-state index contributed by atoms with van der Waals surface area (Å²) in [6.07, 6.45) is 0. The Balaban J connectivity index is 1.84. The number of aromatic nitrogens is 1. The Labute approximate surface area is 160 Å². The minimum absolute atomic E-state index is 0.0255. The fourth-order valence-electron chi connectivity index (χ4n) is 3.37. The van der Waals surface area contributed by atoms with Crippen LogP contribution in [-0.2, 0) is 4.79 Å².